The van der Waals surface area contributed by atoms with Crippen molar-refractivity contribution in [2.75, 3.05) is 0 Å². The van der Waals surface area contributed by atoms with Gasteiger partial charge < -0.3 is 0 Å². The van der Waals surface area contributed by atoms with Crippen molar-refractivity contribution in [2.45, 2.75) is 25.8 Å². The molecule has 0 fully saturated rings. The maximum absolute atomic E-state index is 13.0. The molecule has 0 saturated heterocycles. The Hall–Kier alpha value is -1.54. The van der Waals surface area contributed by atoms with E-state index in [1.807, 2.05) is 6.92 Å². The number of halogens is 2. The Morgan fingerprint density at radius 1 is 1.33 bits per heavy atom. The fourth-order valence-corrected chi connectivity index (χ4v) is 1.28. The minimum Gasteiger partial charge on any atom is -0.211 e. The summed E-state index contributed by atoms with van der Waals surface area (Å²) < 4.78 is 26.1. The van der Waals surface area contributed by atoms with Crippen LogP contribution in [0.1, 0.15) is 24.5 Å². The molecule has 0 aliphatic carbocycles. The lowest BCUT2D eigenvalue weighted by Gasteiger charge is -2.09. The number of benzene rings is 1. The van der Waals surface area contributed by atoms with Crippen LogP contribution in [0.4, 0.5) is 8.78 Å². The minimum atomic E-state index is -3.47. The number of hydrogen-bond donors (Lipinski definition) is 0. The van der Waals surface area contributed by atoms with Crippen LogP contribution in [0.3, 0.4) is 0 Å². The van der Waals surface area contributed by atoms with Crippen molar-refractivity contribution in [1.29, 1.82) is 0 Å². The van der Waals surface area contributed by atoms with Gasteiger partial charge in [-0.2, -0.15) is 8.78 Å². The molecule has 80 valence electrons. The molecule has 0 heterocycles. The van der Waals surface area contributed by atoms with Crippen molar-refractivity contribution in [3.8, 4) is 0 Å². The van der Waals surface area contributed by atoms with E-state index in [0.717, 1.165) is 24.5 Å². The molecule has 0 unspecified atom stereocenters. The van der Waals surface area contributed by atoms with Crippen LogP contribution < -0.4 is 0 Å². The van der Waals surface area contributed by atoms with Gasteiger partial charge in [-0.3, -0.25) is 0 Å². The van der Waals surface area contributed by atoms with E-state index in [0.29, 0.717) is 0 Å². The lowest BCUT2D eigenvalue weighted by molar-refractivity contribution is 0.00616. The van der Waals surface area contributed by atoms with Gasteiger partial charge in [0, 0.05) is 5.56 Å². The van der Waals surface area contributed by atoms with E-state index in [2.05, 4.69) is 4.99 Å². The van der Waals surface area contributed by atoms with Crippen LogP contribution in [0.25, 0.3) is 0 Å². The van der Waals surface area contributed by atoms with Crippen molar-refractivity contribution in [3.05, 3.63) is 35.4 Å². The SMILES string of the molecule is CCCc1ccc(C(F)(F)N=C=O)cc1. The Balaban J connectivity index is 2.92. The quantitative estimate of drug-likeness (QED) is 0.427. The molecule has 0 spiro atoms. The molecule has 0 N–H and O–H groups in total. The maximum Gasteiger partial charge on any atom is 0.379 e. The van der Waals surface area contributed by atoms with Crippen LogP contribution in [0.2, 0.25) is 0 Å². The molecule has 0 bridgehead atoms. The van der Waals surface area contributed by atoms with Crippen LogP contribution in [-0.2, 0) is 17.3 Å². The highest BCUT2D eigenvalue weighted by Crippen LogP contribution is 2.28. The van der Waals surface area contributed by atoms with E-state index in [4.69, 9.17) is 0 Å². The number of nitrogens with zero attached hydrogens (tertiary/aromatic N) is 1. The Bertz CT molecular complexity index is 367. The van der Waals surface area contributed by atoms with Gasteiger partial charge >= 0.3 is 6.05 Å². The van der Waals surface area contributed by atoms with Crippen molar-refractivity contribution in [2.24, 2.45) is 4.99 Å². The lowest BCUT2D eigenvalue weighted by Crippen LogP contribution is -2.09. The van der Waals surface area contributed by atoms with E-state index in [-0.39, 0.29) is 5.56 Å². The molecule has 0 amide bonds. The molecule has 1 rings (SSSR count). The first-order valence-corrected chi connectivity index (χ1v) is 4.66. The highest BCUT2D eigenvalue weighted by atomic mass is 19.3. The zero-order valence-corrected chi connectivity index (χ0v) is 8.34. The fourth-order valence-electron chi connectivity index (χ4n) is 1.28. The second-order valence-electron chi connectivity index (χ2n) is 3.19. The summed E-state index contributed by atoms with van der Waals surface area (Å²) in [6.07, 6.45) is 2.68. The van der Waals surface area contributed by atoms with Gasteiger partial charge in [0.1, 0.15) is 0 Å². The number of aliphatic imine (C=N–C) groups is 1. The standard InChI is InChI=1S/C11H11F2NO/c1-2-3-9-4-6-10(7-5-9)11(12,13)14-8-15/h4-7H,2-3H2,1H3. The molecule has 0 aliphatic heterocycles. The average Bonchev–Trinajstić information content (AvgIpc) is 2.19. The molecular weight excluding hydrogens is 200 g/mol. The summed E-state index contributed by atoms with van der Waals surface area (Å²) in [4.78, 5) is 12.3. The van der Waals surface area contributed by atoms with Crippen LogP contribution >= 0.6 is 0 Å². The summed E-state index contributed by atoms with van der Waals surface area (Å²) in [6, 6.07) is 2.34. The van der Waals surface area contributed by atoms with E-state index >= 15 is 0 Å². The molecule has 1 aromatic rings. The summed E-state index contributed by atoms with van der Waals surface area (Å²) >= 11 is 0. The molecule has 0 aromatic heterocycles. The predicted octanol–water partition coefficient (Wildman–Crippen LogP) is 3.02. The van der Waals surface area contributed by atoms with Gasteiger partial charge in [-0.25, -0.2) is 4.79 Å². The maximum atomic E-state index is 13.0. The van der Waals surface area contributed by atoms with E-state index in [9.17, 15) is 13.6 Å². The molecule has 0 saturated carbocycles. The second-order valence-corrected chi connectivity index (χ2v) is 3.19. The topological polar surface area (TPSA) is 29.4 Å². The third-order valence-corrected chi connectivity index (χ3v) is 2.03. The first-order chi connectivity index (χ1) is 7.10. The summed E-state index contributed by atoms with van der Waals surface area (Å²) in [5.74, 6) is 0. The van der Waals surface area contributed by atoms with Crippen molar-refractivity contribution < 1.29 is 13.6 Å². The zero-order chi connectivity index (χ0) is 11.3. The summed E-state index contributed by atoms with van der Waals surface area (Å²) in [5, 5.41) is 0. The van der Waals surface area contributed by atoms with Crippen LogP contribution in [0.5, 0.6) is 0 Å². The number of hydrogen-bond acceptors (Lipinski definition) is 2. The Labute approximate surface area is 86.6 Å². The lowest BCUT2D eigenvalue weighted by atomic mass is 10.1. The first kappa shape index (κ1) is 11.5. The third kappa shape index (κ3) is 2.96. The average molecular weight is 211 g/mol. The van der Waals surface area contributed by atoms with Gasteiger partial charge in [-0.1, -0.05) is 37.6 Å². The summed E-state index contributed by atoms with van der Waals surface area (Å²) in [6.45, 7) is 2.01. The molecule has 0 aliphatic rings. The summed E-state index contributed by atoms with van der Waals surface area (Å²) in [5.41, 5.74) is 0.706. The van der Waals surface area contributed by atoms with Gasteiger partial charge in [0.05, 0.1) is 0 Å². The van der Waals surface area contributed by atoms with Crippen LogP contribution in [-0.4, -0.2) is 6.08 Å². The van der Waals surface area contributed by atoms with E-state index in [1.54, 1.807) is 12.1 Å². The van der Waals surface area contributed by atoms with Gasteiger partial charge in [-0.05, 0) is 12.0 Å². The van der Waals surface area contributed by atoms with Crippen molar-refractivity contribution in [3.63, 3.8) is 0 Å². The van der Waals surface area contributed by atoms with Crippen molar-refractivity contribution >= 4 is 6.08 Å². The molecule has 15 heavy (non-hydrogen) atoms. The van der Waals surface area contributed by atoms with Gasteiger partial charge in [0.15, 0.2) is 0 Å². The normalized spacial score (nSPS) is 10.9. The number of rotatable bonds is 4. The third-order valence-electron chi connectivity index (χ3n) is 2.03. The van der Waals surface area contributed by atoms with Crippen LogP contribution in [0.15, 0.2) is 29.3 Å². The van der Waals surface area contributed by atoms with Gasteiger partial charge in [0.25, 0.3) is 0 Å². The fraction of sp³-hybridized carbons (Fsp3) is 0.364. The monoisotopic (exact) mass is 211 g/mol. The highest BCUT2D eigenvalue weighted by Gasteiger charge is 2.30. The molecule has 2 nitrogen and oxygen atoms in total. The predicted molar refractivity (Wildman–Crippen MR) is 52.5 cm³/mol. The highest BCUT2D eigenvalue weighted by molar-refractivity contribution is 5.36. The molecule has 1 aromatic carbocycles. The zero-order valence-electron chi connectivity index (χ0n) is 8.34. The Kier molecular flexibility index (Phi) is 3.69. The first-order valence-electron chi connectivity index (χ1n) is 4.66. The minimum absolute atomic E-state index is 0.286. The smallest absolute Gasteiger partial charge is 0.211 e. The molecule has 4 heteroatoms. The largest absolute Gasteiger partial charge is 0.379 e. The number of isocyanates is 1. The van der Waals surface area contributed by atoms with Crippen LogP contribution in [0, 0.1) is 0 Å². The van der Waals surface area contributed by atoms with E-state index in [1.165, 1.54) is 12.1 Å². The van der Waals surface area contributed by atoms with Gasteiger partial charge in [0.2, 0.25) is 6.08 Å². The number of alkyl halides is 2. The molecular formula is C11H11F2NO. The summed E-state index contributed by atoms with van der Waals surface area (Å²) in [7, 11) is 0. The van der Waals surface area contributed by atoms with Gasteiger partial charge in [-0.15, -0.1) is 4.99 Å². The molecule has 0 atom stereocenters. The second kappa shape index (κ2) is 4.80. The molecule has 0 radical (unpaired) electrons. The number of aryl methyl sites for hydroxylation is 1. The van der Waals surface area contributed by atoms with Crippen molar-refractivity contribution in [1.82, 2.24) is 0 Å². The van der Waals surface area contributed by atoms with E-state index < -0.39 is 6.05 Å². The Morgan fingerprint density at radius 3 is 2.40 bits per heavy atom. The Morgan fingerprint density at radius 2 is 1.93 bits per heavy atom. The number of carbonyl (C=O) groups excluding carboxylic acids is 1.